The molecule has 21 heavy (non-hydrogen) atoms. The standard InChI is InChI=1S/C19H26O2/c1-17-7-6-15-13(14(17)2-3-16(17)21)5-8-18-10-12(20)4-9-19(15,18)11-18/h13-15H,2-11H2,1H3/t13-,14+,15-,17+,18-,19+/m1/s1. The fourth-order valence-corrected chi connectivity index (χ4v) is 7.71. The van der Waals surface area contributed by atoms with E-state index < -0.39 is 0 Å². The highest BCUT2D eigenvalue weighted by Gasteiger charge is 2.75. The summed E-state index contributed by atoms with van der Waals surface area (Å²) >= 11 is 0. The summed E-state index contributed by atoms with van der Waals surface area (Å²) in [6, 6.07) is 0. The Kier molecular flexibility index (Phi) is 2.22. The highest BCUT2D eigenvalue weighted by atomic mass is 16.1. The third-order valence-electron chi connectivity index (χ3n) is 8.78. The van der Waals surface area contributed by atoms with Crippen LogP contribution in [0.5, 0.6) is 0 Å². The van der Waals surface area contributed by atoms with E-state index in [2.05, 4.69) is 6.92 Å². The van der Waals surface area contributed by atoms with E-state index >= 15 is 0 Å². The van der Waals surface area contributed by atoms with E-state index in [1.54, 1.807) is 0 Å². The van der Waals surface area contributed by atoms with Crippen molar-refractivity contribution in [3.8, 4) is 0 Å². The van der Waals surface area contributed by atoms with Gasteiger partial charge in [-0.3, -0.25) is 9.59 Å². The van der Waals surface area contributed by atoms with E-state index in [0.717, 1.165) is 43.9 Å². The Morgan fingerprint density at radius 3 is 2.67 bits per heavy atom. The largest absolute Gasteiger partial charge is 0.300 e. The molecule has 5 rings (SSSR count). The second kappa shape index (κ2) is 3.63. The van der Waals surface area contributed by atoms with Crippen molar-refractivity contribution in [3.63, 3.8) is 0 Å². The van der Waals surface area contributed by atoms with Crippen LogP contribution in [0.1, 0.15) is 71.1 Å². The number of carbonyl (C=O) groups is 2. The van der Waals surface area contributed by atoms with Crippen LogP contribution in [-0.2, 0) is 9.59 Å². The Hall–Kier alpha value is -0.660. The second-order valence-electron chi connectivity index (χ2n) is 9.16. The smallest absolute Gasteiger partial charge is 0.139 e. The first-order valence-electron chi connectivity index (χ1n) is 9.06. The number of hydrogen-bond acceptors (Lipinski definition) is 2. The van der Waals surface area contributed by atoms with Gasteiger partial charge in [0, 0.05) is 24.7 Å². The van der Waals surface area contributed by atoms with Gasteiger partial charge in [-0.1, -0.05) is 6.92 Å². The molecule has 5 aliphatic rings. The molecule has 2 nitrogen and oxygen atoms in total. The summed E-state index contributed by atoms with van der Waals surface area (Å²) in [6.07, 6.45) is 11.2. The number of hydrogen-bond donors (Lipinski definition) is 0. The summed E-state index contributed by atoms with van der Waals surface area (Å²) in [5.41, 5.74) is 0.952. The Balaban J connectivity index is 1.50. The highest BCUT2D eigenvalue weighted by Crippen LogP contribution is 2.82. The molecule has 0 aliphatic heterocycles. The molecular weight excluding hydrogens is 260 g/mol. The quantitative estimate of drug-likeness (QED) is 0.676. The summed E-state index contributed by atoms with van der Waals surface area (Å²) in [5.74, 6) is 3.37. The van der Waals surface area contributed by atoms with Gasteiger partial charge in [-0.2, -0.15) is 0 Å². The van der Waals surface area contributed by atoms with Gasteiger partial charge < -0.3 is 0 Å². The zero-order chi connectivity index (χ0) is 14.5. The van der Waals surface area contributed by atoms with E-state index in [1.165, 1.54) is 32.1 Å². The fourth-order valence-electron chi connectivity index (χ4n) is 7.71. The Morgan fingerprint density at radius 2 is 1.81 bits per heavy atom. The summed E-state index contributed by atoms with van der Waals surface area (Å²) in [6.45, 7) is 2.26. The summed E-state index contributed by atoms with van der Waals surface area (Å²) in [7, 11) is 0. The predicted molar refractivity (Wildman–Crippen MR) is 79.6 cm³/mol. The van der Waals surface area contributed by atoms with Crippen LogP contribution in [0.2, 0.25) is 0 Å². The lowest BCUT2D eigenvalue weighted by atomic mass is 9.50. The van der Waals surface area contributed by atoms with Gasteiger partial charge in [0.05, 0.1) is 0 Å². The Bertz CT molecular complexity index is 552. The van der Waals surface area contributed by atoms with Gasteiger partial charge >= 0.3 is 0 Å². The molecule has 0 aromatic rings. The SMILES string of the molecule is C[C@]12CC[C@@H]3[C@H](CC[C@]45CC(=O)CC[C@]34C5)[C@@H]1CCC2=O. The van der Waals surface area contributed by atoms with E-state index in [9.17, 15) is 9.59 Å². The highest BCUT2D eigenvalue weighted by molar-refractivity contribution is 5.87. The van der Waals surface area contributed by atoms with Crippen LogP contribution in [0.4, 0.5) is 0 Å². The average molecular weight is 286 g/mol. The summed E-state index contributed by atoms with van der Waals surface area (Å²) in [4.78, 5) is 24.3. The van der Waals surface area contributed by atoms with Crippen molar-refractivity contribution in [2.75, 3.05) is 0 Å². The van der Waals surface area contributed by atoms with Crippen molar-refractivity contribution >= 4 is 11.6 Å². The molecular formula is C19H26O2. The van der Waals surface area contributed by atoms with Gasteiger partial charge in [-0.25, -0.2) is 0 Å². The number of Topliss-reactive ketones (excluding diaryl/α,β-unsaturated/α-hetero) is 2. The lowest BCUT2D eigenvalue weighted by Gasteiger charge is -2.53. The number of ketones is 2. The Labute approximate surface area is 127 Å². The minimum Gasteiger partial charge on any atom is -0.300 e. The number of fused-ring (bicyclic) bond motifs is 3. The zero-order valence-electron chi connectivity index (χ0n) is 13.1. The maximum absolute atomic E-state index is 12.4. The number of rotatable bonds is 0. The average Bonchev–Trinajstić information content (AvgIpc) is 3.05. The fraction of sp³-hybridized carbons (Fsp3) is 0.895. The zero-order valence-corrected chi connectivity index (χ0v) is 13.1. The molecule has 0 amide bonds. The molecule has 5 saturated carbocycles. The van der Waals surface area contributed by atoms with Gasteiger partial charge in [0.2, 0.25) is 0 Å². The molecule has 0 spiro atoms. The minimum absolute atomic E-state index is 0.0111. The molecule has 114 valence electrons. The van der Waals surface area contributed by atoms with Gasteiger partial charge in [0.1, 0.15) is 11.6 Å². The lowest BCUT2D eigenvalue weighted by molar-refractivity contribution is -0.134. The summed E-state index contributed by atoms with van der Waals surface area (Å²) in [5, 5.41) is 0. The van der Waals surface area contributed by atoms with E-state index in [0.29, 0.717) is 28.3 Å². The molecule has 5 fully saturated rings. The first-order chi connectivity index (χ1) is 10.0. The van der Waals surface area contributed by atoms with Crippen LogP contribution >= 0.6 is 0 Å². The molecule has 0 radical (unpaired) electrons. The first kappa shape index (κ1) is 12.8. The van der Waals surface area contributed by atoms with Crippen LogP contribution < -0.4 is 0 Å². The van der Waals surface area contributed by atoms with Crippen LogP contribution in [-0.4, -0.2) is 11.6 Å². The molecule has 0 aromatic carbocycles. The van der Waals surface area contributed by atoms with Crippen molar-refractivity contribution < 1.29 is 9.59 Å². The van der Waals surface area contributed by atoms with E-state index in [4.69, 9.17) is 0 Å². The molecule has 0 aromatic heterocycles. The van der Waals surface area contributed by atoms with Crippen molar-refractivity contribution in [1.82, 2.24) is 0 Å². The van der Waals surface area contributed by atoms with Crippen molar-refractivity contribution in [1.29, 1.82) is 0 Å². The van der Waals surface area contributed by atoms with Gasteiger partial charge in [-0.05, 0) is 73.5 Å². The third-order valence-corrected chi connectivity index (χ3v) is 8.78. The van der Waals surface area contributed by atoms with Crippen LogP contribution in [0, 0.1) is 34.0 Å². The molecule has 5 aliphatic carbocycles. The Morgan fingerprint density at radius 1 is 0.952 bits per heavy atom. The predicted octanol–water partition coefficient (Wildman–Crippen LogP) is 3.92. The van der Waals surface area contributed by atoms with Crippen molar-refractivity contribution in [3.05, 3.63) is 0 Å². The topological polar surface area (TPSA) is 34.1 Å². The van der Waals surface area contributed by atoms with Gasteiger partial charge in [0.15, 0.2) is 0 Å². The van der Waals surface area contributed by atoms with Crippen molar-refractivity contribution in [2.24, 2.45) is 34.0 Å². The second-order valence-corrected chi connectivity index (χ2v) is 9.16. The molecule has 0 heterocycles. The molecule has 2 heteroatoms. The molecule has 0 bridgehead atoms. The molecule has 6 atom stereocenters. The van der Waals surface area contributed by atoms with Crippen LogP contribution in [0.25, 0.3) is 0 Å². The van der Waals surface area contributed by atoms with E-state index in [-0.39, 0.29) is 5.41 Å². The number of carbonyl (C=O) groups excluding carboxylic acids is 2. The molecule has 0 saturated heterocycles. The van der Waals surface area contributed by atoms with Gasteiger partial charge in [0.25, 0.3) is 0 Å². The molecule has 0 unspecified atom stereocenters. The maximum Gasteiger partial charge on any atom is 0.139 e. The van der Waals surface area contributed by atoms with Crippen LogP contribution in [0.15, 0.2) is 0 Å². The lowest BCUT2D eigenvalue weighted by Crippen LogP contribution is -2.48. The van der Waals surface area contributed by atoms with E-state index in [1.807, 2.05) is 0 Å². The monoisotopic (exact) mass is 286 g/mol. The minimum atomic E-state index is 0.0111. The first-order valence-corrected chi connectivity index (χ1v) is 9.06. The maximum atomic E-state index is 12.4. The third kappa shape index (κ3) is 1.32. The normalized spacial score (nSPS) is 58.0. The summed E-state index contributed by atoms with van der Waals surface area (Å²) < 4.78 is 0. The van der Waals surface area contributed by atoms with Crippen molar-refractivity contribution in [2.45, 2.75) is 71.1 Å². The molecule has 0 N–H and O–H groups in total. The van der Waals surface area contributed by atoms with Crippen LogP contribution in [0.3, 0.4) is 0 Å². The van der Waals surface area contributed by atoms with Gasteiger partial charge in [-0.15, -0.1) is 0 Å².